The molecule has 2 aromatic heterocycles. The number of nitrogens with zero attached hydrogens (tertiary/aromatic N) is 5. The molecule has 1 aliphatic heterocycles. The second-order valence-electron chi connectivity index (χ2n) is 7.65. The van der Waals surface area contributed by atoms with E-state index in [0.717, 1.165) is 29.7 Å². The monoisotopic (exact) mass is 428 g/mol. The maximum atomic E-state index is 12.0. The zero-order valence-corrected chi connectivity index (χ0v) is 18.2. The number of anilines is 1. The van der Waals surface area contributed by atoms with Crippen molar-refractivity contribution in [3.63, 3.8) is 0 Å². The van der Waals surface area contributed by atoms with Crippen molar-refractivity contribution in [3.8, 4) is 0 Å². The highest BCUT2D eigenvalue weighted by atomic mass is 35.5. The Morgan fingerprint density at radius 3 is 2.61 bits per heavy atom. The van der Waals surface area contributed by atoms with Gasteiger partial charge in [0.1, 0.15) is 17.0 Å². The van der Waals surface area contributed by atoms with Crippen LogP contribution in [0.15, 0.2) is 12.4 Å². The first-order valence-corrected chi connectivity index (χ1v) is 11.7. The van der Waals surface area contributed by atoms with Gasteiger partial charge >= 0.3 is 0 Å². The molecule has 0 aromatic carbocycles. The molecular weight excluding hydrogens is 400 g/mol. The molecule has 156 valence electrons. The lowest BCUT2D eigenvalue weighted by atomic mass is 10.0. The van der Waals surface area contributed by atoms with Gasteiger partial charge in [-0.1, -0.05) is 38.8 Å². The molecule has 1 saturated heterocycles. The number of piperidine rings is 1. The summed E-state index contributed by atoms with van der Waals surface area (Å²) in [7, 11) is -3.70. The highest BCUT2D eigenvalue weighted by Crippen LogP contribution is 2.33. The van der Waals surface area contributed by atoms with Gasteiger partial charge in [0, 0.05) is 25.7 Å². The van der Waals surface area contributed by atoms with E-state index in [0.29, 0.717) is 37.6 Å². The van der Waals surface area contributed by atoms with Crippen molar-refractivity contribution in [1.82, 2.24) is 18.9 Å². The largest absolute Gasteiger partial charge is 0.355 e. The van der Waals surface area contributed by atoms with Crippen molar-refractivity contribution in [2.24, 2.45) is 5.14 Å². The fraction of sp³-hybridized carbons (Fsp3) is 0.667. The molecule has 0 bridgehead atoms. The first kappa shape index (κ1) is 21.3. The van der Waals surface area contributed by atoms with Crippen molar-refractivity contribution in [3.05, 3.63) is 23.1 Å². The quantitative estimate of drug-likeness (QED) is 0.731. The third kappa shape index (κ3) is 4.27. The summed E-state index contributed by atoms with van der Waals surface area (Å²) in [6, 6.07) is 1.87. The first-order valence-electron chi connectivity index (χ1n) is 9.80. The second-order valence-corrected chi connectivity index (χ2v) is 9.53. The number of aromatic nitrogens is 3. The van der Waals surface area contributed by atoms with Crippen LogP contribution in [-0.2, 0) is 10.2 Å². The zero-order chi connectivity index (χ0) is 20.5. The lowest BCUT2D eigenvalue weighted by Gasteiger charge is -2.37. The van der Waals surface area contributed by atoms with Gasteiger partial charge in [-0.05, 0) is 36.8 Å². The molecule has 1 aliphatic rings. The standard InChI is InChI=1S/C18H29ClN6O2S/c1-4-5-8-24(28(20,26)27)14-6-9-23(10-7-14)18-17-15(13(2)3)11-16(19)25(17)22-12-21-18/h11-14H,4-10H2,1-3H3,(H2,20,26,27). The predicted octanol–water partition coefficient (Wildman–Crippen LogP) is 2.78. The van der Waals surface area contributed by atoms with Crippen LogP contribution >= 0.6 is 11.6 Å². The number of nitrogens with two attached hydrogens (primary N) is 1. The van der Waals surface area contributed by atoms with Gasteiger partial charge < -0.3 is 4.90 Å². The molecule has 3 rings (SSSR count). The van der Waals surface area contributed by atoms with E-state index in [2.05, 4.69) is 28.8 Å². The third-order valence-corrected chi connectivity index (χ3v) is 6.78. The number of fused-ring (bicyclic) bond motifs is 1. The minimum Gasteiger partial charge on any atom is -0.355 e. The molecule has 3 heterocycles. The van der Waals surface area contributed by atoms with E-state index < -0.39 is 10.2 Å². The normalized spacial score (nSPS) is 16.6. The number of hydrogen-bond donors (Lipinski definition) is 1. The SMILES string of the molecule is CCCCN(C1CCN(c2ncnn3c(Cl)cc(C(C)C)c23)CC1)S(N)(=O)=O. The summed E-state index contributed by atoms with van der Waals surface area (Å²) in [5, 5.41) is 10.3. The molecule has 28 heavy (non-hydrogen) atoms. The zero-order valence-electron chi connectivity index (χ0n) is 16.7. The molecule has 0 atom stereocenters. The summed E-state index contributed by atoms with van der Waals surface area (Å²) >= 11 is 6.36. The topological polar surface area (TPSA) is 96.8 Å². The minimum absolute atomic E-state index is 0.0735. The molecule has 0 unspecified atom stereocenters. The summed E-state index contributed by atoms with van der Waals surface area (Å²) in [4.78, 5) is 6.73. The van der Waals surface area contributed by atoms with E-state index in [-0.39, 0.29) is 12.0 Å². The molecule has 2 aromatic rings. The molecule has 8 nitrogen and oxygen atoms in total. The van der Waals surface area contributed by atoms with E-state index in [1.807, 2.05) is 13.0 Å². The average molecular weight is 429 g/mol. The Hall–Kier alpha value is -1.42. The Kier molecular flexibility index (Phi) is 6.48. The maximum Gasteiger partial charge on any atom is 0.277 e. The van der Waals surface area contributed by atoms with Crippen LogP contribution in [0.2, 0.25) is 5.15 Å². The average Bonchev–Trinajstić information content (AvgIpc) is 2.99. The molecule has 2 N–H and O–H groups in total. The summed E-state index contributed by atoms with van der Waals surface area (Å²) in [6.45, 7) is 8.16. The number of unbranched alkanes of at least 4 members (excludes halogenated alkanes) is 1. The van der Waals surface area contributed by atoms with E-state index in [1.165, 1.54) is 10.6 Å². The van der Waals surface area contributed by atoms with Crippen molar-refractivity contribution in [2.75, 3.05) is 24.5 Å². The van der Waals surface area contributed by atoms with Crippen LogP contribution < -0.4 is 10.0 Å². The molecule has 0 saturated carbocycles. The molecule has 0 spiro atoms. The Morgan fingerprint density at radius 1 is 1.36 bits per heavy atom. The molecule has 0 amide bonds. The summed E-state index contributed by atoms with van der Waals surface area (Å²) in [5.41, 5.74) is 2.03. The lowest BCUT2D eigenvalue weighted by molar-refractivity contribution is 0.271. The van der Waals surface area contributed by atoms with Gasteiger partial charge in [-0.3, -0.25) is 0 Å². The van der Waals surface area contributed by atoms with Gasteiger partial charge in [-0.15, -0.1) is 0 Å². The number of hydrogen-bond acceptors (Lipinski definition) is 5. The Morgan fingerprint density at radius 2 is 2.04 bits per heavy atom. The second kappa shape index (κ2) is 8.52. The Bertz CT molecular complexity index is 922. The maximum absolute atomic E-state index is 12.0. The Labute approximate surface area is 171 Å². The summed E-state index contributed by atoms with van der Waals surface area (Å²) in [5.74, 6) is 1.14. The van der Waals surface area contributed by atoms with E-state index >= 15 is 0 Å². The number of halogens is 1. The lowest BCUT2D eigenvalue weighted by Crippen LogP contribution is -2.50. The van der Waals surface area contributed by atoms with Crippen molar-refractivity contribution in [2.45, 2.75) is 58.4 Å². The van der Waals surface area contributed by atoms with Gasteiger partial charge in [0.25, 0.3) is 10.2 Å². The van der Waals surface area contributed by atoms with E-state index in [4.69, 9.17) is 16.7 Å². The molecule has 0 radical (unpaired) electrons. The fourth-order valence-corrected chi connectivity index (χ4v) is 5.14. The first-order chi connectivity index (χ1) is 13.2. The van der Waals surface area contributed by atoms with E-state index in [1.54, 1.807) is 4.52 Å². The predicted molar refractivity (Wildman–Crippen MR) is 112 cm³/mol. The van der Waals surface area contributed by atoms with Crippen LogP contribution in [0.1, 0.15) is 57.9 Å². The van der Waals surface area contributed by atoms with Crippen LogP contribution in [0.4, 0.5) is 5.82 Å². The molecule has 10 heteroatoms. The summed E-state index contributed by atoms with van der Waals surface area (Å²) < 4.78 is 27.3. The molecular formula is C18H29ClN6O2S. The van der Waals surface area contributed by atoms with Crippen LogP contribution in [-0.4, -0.2) is 53.0 Å². The van der Waals surface area contributed by atoms with E-state index in [9.17, 15) is 8.42 Å². The summed E-state index contributed by atoms with van der Waals surface area (Å²) in [6.07, 6.45) is 4.67. The van der Waals surface area contributed by atoms with Crippen LogP contribution in [0, 0.1) is 0 Å². The van der Waals surface area contributed by atoms with Crippen molar-refractivity contribution >= 4 is 33.1 Å². The van der Waals surface area contributed by atoms with Crippen molar-refractivity contribution < 1.29 is 8.42 Å². The van der Waals surface area contributed by atoms with Gasteiger partial charge in [0.15, 0.2) is 5.82 Å². The van der Waals surface area contributed by atoms with Crippen molar-refractivity contribution in [1.29, 1.82) is 0 Å². The molecule has 1 fully saturated rings. The fourth-order valence-electron chi connectivity index (χ4n) is 3.89. The van der Waals surface area contributed by atoms with Crippen LogP contribution in [0.3, 0.4) is 0 Å². The minimum atomic E-state index is -3.70. The highest BCUT2D eigenvalue weighted by Gasteiger charge is 2.31. The third-order valence-electron chi connectivity index (χ3n) is 5.37. The highest BCUT2D eigenvalue weighted by molar-refractivity contribution is 7.86. The number of rotatable bonds is 7. The van der Waals surface area contributed by atoms with Gasteiger partial charge in [-0.25, -0.2) is 14.6 Å². The van der Waals surface area contributed by atoms with Gasteiger partial charge in [0.2, 0.25) is 0 Å². The Balaban J connectivity index is 1.84. The van der Waals surface area contributed by atoms with Crippen LogP contribution in [0.25, 0.3) is 5.52 Å². The molecule has 0 aliphatic carbocycles. The van der Waals surface area contributed by atoms with Crippen LogP contribution in [0.5, 0.6) is 0 Å². The van der Waals surface area contributed by atoms with Gasteiger partial charge in [0.05, 0.1) is 0 Å². The van der Waals surface area contributed by atoms with Gasteiger partial charge in [-0.2, -0.15) is 17.8 Å². The smallest absolute Gasteiger partial charge is 0.277 e.